The fourth-order valence-electron chi connectivity index (χ4n) is 3.85. The van der Waals surface area contributed by atoms with Gasteiger partial charge in [0.2, 0.25) is 10.0 Å². The van der Waals surface area contributed by atoms with Crippen molar-refractivity contribution in [2.45, 2.75) is 40.0 Å². The van der Waals surface area contributed by atoms with Gasteiger partial charge < -0.3 is 4.90 Å². The second-order valence-electron chi connectivity index (χ2n) is 7.45. The summed E-state index contributed by atoms with van der Waals surface area (Å²) in [5.41, 5.74) is 2.41. The first-order valence-electron chi connectivity index (χ1n) is 10.1. The molecule has 3 rings (SSSR count). The van der Waals surface area contributed by atoms with Gasteiger partial charge >= 0.3 is 0 Å². The number of nitrogens with zero attached hydrogens (tertiary/aromatic N) is 3. The van der Waals surface area contributed by atoms with E-state index in [4.69, 9.17) is 0 Å². The maximum Gasteiger partial charge on any atom is 0.285 e. The lowest BCUT2D eigenvalue weighted by molar-refractivity contribution is 0.408. The highest BCUT2D eigenvalue weighted by Gasteiger charge is 2.35. The summed E-state index contributed by atoms with van der Waals surface area (Å²) in [5.74, 6) is 0.577. The lowest BCUT2D eigenvalue weighted by Crippen LogP contribution is -2.38. The van der Waals surface area contributed by atoms with Gasteiger partial charge in [-0.05, 0) is 37.3 Å². The summed E-state index contributed by atoms with van der Waals surface area (Å²) in [6, 6.07) is 7.53. The Labute approximate surface area is 174 Å². The van der Waals surface area contributed by atoms with Crippen molar-refractivity contribution in [3.05, 3.63) is 41.0 Å². The van der Waals surface area contributed by atoms with Gasteiger partial charge in [-0.15, -0.1) is 4.40 Å². The molecule has 0 amide bonds. The molecule has 2 heterocycles. The minimum atomic E-state index is -3.78. The lowest BCUT2D eigenvalue weighted by Gasteiger charge is -2.23. The zero-order valence-electron chi connectivity index (χ0n) is 17.3. The molecule has 0 radical (unpaired) electrons. The van der Waals surface area contributed by atoms with Gasteiger partial charge in [0.15, 0.2) is 0 Å². The van der Waals surface area contributed by atoms with Crippen LogP contribution in [0.2, 0.25) is 0 Å². The van der Waals surface area contributed by atoms with E-state index in [-0.39, 0.29) is 10.7 Å². The first-order chi connectivity index (χ1) is 13.7. The van der Waals surface area contributed by atoms with Gasteiger partial charge in [-0.2, -0.15) is 8.42 Å². The molecule has 29 heavy (non-hydrogen) atoms. The summed E-state index contributed by atoms with van der Waals surface area (Å²) in [4.78, 5) is 2.15. The molecule has 0 bridgehead atoms. The number of aryl methyl sites for hydroxylation is 1. The van der Waals surface area contributed by atoms with Crippen molar-refractivity contribution in [3.8, 4) is 0 Å². The molecular weight excluding hydrogens is 410 g/mol. The molecule has 1 fully saturated rings. The number of hydrogen-bond donors (Lipinski definition) is 0. The number of sulfonamides is 2. The SMILES string of the molecule is CCCS(=O)(=O)N1CCCN(C2=NS(=O)(=O)C(c3ccc(CC)cc3)=C2C)CC1. The zero-order chi connectivity index (χ0) is 21.2. The first kappa shape index (κ1) is 22.0. The highest BCUT2D eigenvalue weighted by molar-refractivity contribution is 8.00. The topological polar surface area (TPSA) is 87.1 Å². The standard InChI is InChI=1S/C20H29N3O4S2/c1-4-15-28(24,25)23-12-6-11-22(13-14-23)20-16(3)19(29(26,27)21-20)18-9-7-17(5-2)8-10-18/h7-10H,4-6,11-15H2,1-3H3. The molecule has 0 spiro atoms. The first-order valence-corrected chi connectivity index (χ1v) is 13.1. The molecule has 1 saturated heterocycles. The summed E-state index contributed by atoms with van der Waals surface area (Å²) in [5, 5.41) is 0. The van der Waals surface area contributed by atoms with Crippen LogP contribution in [0.25, 0.3) is 4.91 Å². The molecule has 1 aromatic carbocycles. The van der Waals surface area contributed by atoms with E-state index >= 15 is 0 Å². The van der Waals surface area contributed by atoms with Crippen molar-refractivity contribution in [1.29, 1.82) is 0 Å². The van der Waals surface area contributed by atoms with Gasteiger partial charge in [0, 0.05) is 31.8 Å². The van der Waals surface area contributed by atoms with Gasteiger partial charge in [0.1, 0.15) is 10.7 Å². The molecule has 0 unspecified atom stereocenters. The largest absolute Gasteiger partial charge is 0.354 e. The molecule has 0 atom stereocenters. The average Bonchev–Trinajstić information content (AvgIpc) is 2.83. The third-order valence-corrected chi connectivity index (χ3v) is 8.92. The number of amidine groups is 1. The summed E-state index contributed by atoms with van der Waals surface area (Å²) in [7, 11) is -7.04. The van der Waals surface area contributed by atoms with Crippen LogP contribution < -0.4 is 0 Å². The number of benzene rings is 1. The Morgan fingerprint density at radius 1 is 1.03 bits per heavy atom. The van der Waals surface area contributed by atoms with E-state index in [1.54, 1.807) is 6.92 Å². The van der Waals surface area contributed by atoms with Crippen molar-refractivity contribution in [2.24, 2.45) is 4.40 Å². The average molecular weight is 440 g/mol. The predicted molar refractivity (Wildman–Crippen MR) is 117 cm³/mol. The van der Waals surface area contributed by atoms with Crippen LogP contribution in [0, 0.1) is 0 Å². The van der Waals surface area contributed by atoms with Crippen LogP contribution in [0.3, 0.4) is 0 Å². The van der Waals surface area contributed by atoms with Crippen molar-refractivity contribution in [2.75, 3.05) is 31.9 Å². The summed E-state index contributed by atoms with van der Waals surface area (Å²) in [6.07, 6.45) is 2.10. The van der Waals surface area contributed by atoms with Gasteiger partial charge in [-0.1, -0.05) is 38.1 Å². The Bertz CT molecular complexity index is 1030. The summed E-state index contributed by atoms with van der Waals surface area (Å²) < 4.78 is 56.0. The Morgan fingerprint density at radius 3 is 2.34 bits per heavy atom. The highest BCUT2D eigenvalue weighted by Crippen LogP contribution is 2.34. The Kier molecular flexibility index (Phi) is 6.50. The van der Waals surface area contributed by atoms with E-state index in [0.29, 0.717) is 56.0 Å². The van der Waals surface area contributed by atoms with Crippen LogP contribution >= 0.6 is 0 Å². The van der Waals surface area contributed by atoms with Crippen molar-refractivity contribution in [1.82, 2.24) is 9.21 Å². The molecule has 9 heteroatoms. The van der Waals surface area contributed by atoms with Gasteiger partial charge in [-0.3, -0.25) is 0 Å². The van der Waals surface area contributed by atoms with Crippen LogP contribution in [-0.4, -0.2) is 63.8 Å². The second kappa shape index (κ2) is 8.57. The Hall–Kier alpha value is -1.71. The molecule has 7 nitrogen and oxygen atoms in total. The number of hydrogen-bond acceptors (Lipinski definition) is 5. The molecule has 1 aromatic rings. The quantitative estimate of drug-likeness (QED) is 0.703. The molecule has 0 saturated carbocycles. The van der Waals surface area contributed by atoms with Crippen molar-refractivity contribution >= 4 is 30.8 Å². The number of rotatable bonds is 5. The monoisotopic (exact) mass is 439 g/mol. The van der Waals surface area contributed by atoms with E-state index in [2.05, 4.69) is 11.3 Å². The van der Waals surface area contributed by atoms with Crippen LogP contribution in [0.15, 0.2) is 34.2 Å². The maximum absolute atomic E-state index is 12.8. The summed E-state index contributed by atoms with van der Waals surface area (Å²) >= 11 is 0. The van der Waals surface area contributed by atoms with E-state index < -0.39 is 20.0 Å². The zero-order valence-corrected chi connectivity index (χ0v) is 18.9. The smallest absolute Gasteiger partial charge is 0.285 e. The Balaban J connectivity index is 1.86. The van der Waals surface area contributed by atoms with E-state index in [1.807, 2.05) is 36.1 Å². The molecule has 2 aliphatic heterocycles. The van der Waals surface area contributed by atoms with Crippen molar-refractivity contribution < 1.29 is 16.8 Å². The lowest BCUT2D eigenvalue weighted by atomic mass is 10.1. The molecule has 0 N–H and O–H groups in total. The fraction of sp³-hybridized carbons (Fsp3) is 0.550. The van der Waals surface area contributed by atoms with E-state index in [9.17, 15) is 16.8 Å². The van der Waals surface area contributed by atoms with Crippen LogP contribution in [0.4, 0.5) is 0 Å². The third kappa shape index (κ3) is 4.57. The van der Waals surface area contributed by atoms with Crippen molar-refractivity contribution in [3.63, 3.8) is 0 Å². The van der Waals surface area contributed by atoms with Gasteiger partial charge in [-0.25, -0.2) is 12.7 Å². The van der Waals surface area contributed by atoms with Gasteiger partial charge in [0.05, 0.1) is 5.75 Å². The van der Waals surface area contributed by atoms with Crippen LogP contribution in [0.1, 0.15) is 44.7 Å². The molecule has 0 aromatic heterocycles. The summed E-state index contributed by atoms with van der Waals surface area (Å²) in [6.45, 7) is 7.48. The second-order valence-corrected chi connectivity index (χ2v) is 11.1. The molecule has 0 aliphatic carbocycles. The highest BCUT2D eigenvalue weighted by atomic mass is 32.2. The van der Waals surface area contributed by atoms with Gasteiger partial charge in [0.25, 0.3) is 10.0 Å². The minimum Gasteiger partial charge on any atom is -0.354 e. The molecular formula is C20H29N3O4S2. The molecule has 160 valence electrons. The molecule has 2 aliphatic rings. The van der Waals surface area contributed by atoms with E-state index in [0.717, 1.165) is 12.0 Å². The van der Waals surface area contributed by atoms with E-state index in [1.165, 1.54) is 4.31 Å². The predicted octanol–water partition coefficient (Wildman–Crippen LogP) is 2.47. The van der Waals surface area contributed by atoms with Crippen LogP contribution in [0.5, 0.6) is 0 Å². The fourth-order valence-corrected chi connectivity index (χ4v) is 6.87. The maximum atomic E-state index is 12.8. The third-order valence-electron chi connectivity index (χ3n) is 5.37. The Morgan fingerprint density at radius 2 is 1.72 bits per heavy atom. The normalized spacial score (nSPS) is 20.7. The van der Waals surface area contributed by atoms with Crippen LogP contribution in [-0.2, 0) is 26.5 Å². The minimum absolute atomic E-state index is 0.138.